The van der Waals surface area contributed by atoms with Crippen LogP contribution in [-0.4, -0.2) is 27.4 Å². The molecule has 0 aliphatic carbocycles. The van der Waals surface area contributed by atoms with Crippen molar-refractivity contribution in [3.05, 3.63) is 77.1 Å². The molecule has 1 amide bonds. The van der Waals surface area contributed by atoms with Crippen molar-refractivity contribution in [2.24, 2.45) is 0 Å². The van der Waals surface area contributed by atoms with Gasteiger partial charge in [-0.05, 0) is 48.4 Å². The normalized spacial score (nSPS) is 10.6. The van der Waals surface area contributed by atoms with E-state index in [1.807, 2.05) is 24.3 Å². The lowest BCUT2D eigenvalue weighted by Gasteiger charge is -2.05. The van der Waals surface area contributed by atoms with Gasteiger partial charge in [-0.1, -0.05) is 29.8 Å². The molecule has 3 rings (SSSR count). The van der Waals surface area contributed by atoms with Crippen molar-refractivity contribution in [1.29, 1.82) is 0 Å². The highest BCUT2D eigenvalue weighted by molar-refractivity contribution is 6.30. The van der Waals surface area contributed by atoms with Crippen LogP contribution in [0.2, 0.25) is 5.02 Å². The number of rotatable bonds is 5. The Morgan fingerprint density at radius 2 is 1.96 bits per heavy atom. The van der Waals surface area contributed by atoms with Crippen LogP contribution in [0.25, 0.3) is 5.69 Å². The Balaban J connectivity index is 1.71. The molecule has 1 heterocycles. The summed E-state index contributed by atoms with van der Waals surface area (Å²) in [5, 5.41) is 16.6. The number of aliphatic hydroxyl groups excluding tert-OH is 1. The second-order valence-electron chi connectivity index (χ2n) is 5.25. The number of amides is 1. The molecule has 2 N–H and O–H groups in total. The Labute approximate surface area is 144 Å². The SMILES string of the molecule is O=C(Nc1ccc(CCO)cc1)c1ccn(-c2cccc(Cl)c2)n1. The van der Waals surface area contributed by atoms with Gasteiger partial charge in [-0.2, -0.15) is 5.10 Å². The summed E-state index contributed by atoms with van der Waals surface area (Å²) < 4.78 is 1.60. The summed E-state index contributed by atoms with van der Waals surface area (Å²) in [4.78, 5) is 12.3. The van der Waals surface area contributed by atoms with Crippen LogP contribution in [0.3, 0.4) is 0 Å². The maximum atomic E-state index is 12.3. The minimum absolute atomic E-state index is 0.104. The molecule has 122 valence electrons. The van der Waals surface area contributed by atoms with E-state index in [4.69, 9.17) is 16.7 Å². The van der Waals surface area contributed by atoms with E-state index in [-0.39, 0.29) is 12.5 Å². The Morgan fingerprint density at radius 3 is 2.67 bits per heavy atom. The van der Waals surface area contributed by atoms with Gasteiger partial charge in [-0.25, -0.2) is 4.68 Å². The first-order chi connectivity index (χ1) is 11.7. The van der Waals surface area contributed by atoms with Crippen molar-refractivity contribution < 1.29 is 9.90 Å². The first-order valence-corrected chi connectivity index (χ1v) is 7.86. The highest BCUT2D eigenvalue weighted by Crippen LogP contribution is 2.15. The van der Waals surface area contributed by atoms with Gasteiger partial charge in [0.25, 0.3) is 5.91 Å². The van der Waals surface area contributed by atoms with Gasteiger partial charge < -0.3 is 10.4 Å². The van der Waals surface area contributed by atoms with Crippen molar-refractivity contribution in [2.45, 2.75) is 6.42 Å². The molecule has 0 spiro atoms. The largest absolute Gasteiger partial charge is 0.396 e. The third kappa shape index (κ3) is 3.82. The van der Waals surface area contributed by atoms with Crippen molar-refractivity contribution in [2.75, 3.05) is 11.9 Å². The zero-order chi connectivity index (χ0) is 16.9. The molecule has 6 heteroatoms. The van der Waals surface area contributed by atoms with E-state index in [1.165, 1.54) is 0 Å². The second kappa shape index (κ2) is 7.29. The molecule has 24 heavy (non-hydrogen) atoms. The van der Waals surface area contributed by atoms with Gasteiger partial charge in [0.2, 0.25) is 0 Å². The molecule has 0 aliphatic rings. The van der Waals surface area contributed by atoms with Crippen LogP contribution >= 0.6 is 11.6 Å². The molecule has 3 aromatic rings. The van der Waals surface area contributed by atoms with Crippen molar-refractivity contribution in [3.63, 3.8) is 0 Å². The Hall–Kier alpha value is -2.63. The van der Waals surface area contributed by atoms with Crippen LogP contribution < -0.4 is 5.32 Å². The average molecular weight is 342 g/mol. The first kappa shape index (κ1) is 16.2. The predicted molar refractivity (Wildman–Crippen MR) is 93.8 cm³/mol. The molecule has 0 saturated heterocycles. The highest BCUT2D eigenvalue weighted by Gasteiger charge is 2.10. The number of aliphatic hydroxyl groups is 1. The minimum Gasteiger partial charge on any atom is -0.396 e. The van der Waals surface area contributed by atoms with E-state index in [0.29, 0.717) is 22.8 Å². The lowest BCUT2D eigenvalue weighted by atomic mass is 10.1. The zero-order valence-corrected chi connectivity index (χ0v) is 13.6. The maximum absolute atomic E-state index is 12.3. The number of carbonyl (C=O) groups excluding carboxylic acids is 1. The molecule has 0 aliphatic heterocycles. The third-order valence-corrected chi connectivity index (χ3v) is 3.74. The third-order valence-electron chi connectivity index (χ3n) is 3.51. The fourth-order valence-corrected chi connectivity index (χ4v) is 2.47. The van der Waals surface area contributed by atoms with Crippen LogP contribution in [0, 0.1) is 0 Å². The van der Waals surface area contributed by atoms with E-state index in [0.717, 1.165) is 11.3 Å². The standard InChI is InChI=1S/C18H16ClN3O2/c19-14-2-1-3-16(12-14)22-10-8-17(21-22)18(24)20-15-6-4-13(5-7-15)9-11-23/h1-8,10,12,23H,9,11H2,(H,20,24). The summed E-state index contributed by atoms with van der Waals surface area (Å²) in [5.74, 6) is -0.286. The summed E-state index contributed by atoms with van der Waals surface area (Å²) in [6, 6.07) is 16.2. The summed E-state index contributed by atoms with van der Waals surface area (Å²) in [7, 11) is 0. The number of nitrogens with one attached hydrogen (secondary N) is 1. The van der Waals surface area contributed by atoms with E-state index < -0.39 is 0 Å². The molecule has 0 saturated carbocycles. The van der Waals surface area contributed by atoms with Crippen molar-refractivity contribution in [3.8, 4) is 5.69 Å². The van der Waals surface area contributed by atoms with Gasteiger partial charge in [0.1, 0.15) is 0 Å². The molecule has 0 unspecified atom stereocenters. The average Bonchev–Trinajstić information content (AvgIpc) is 3.07. The van der Waals surface area contributed by atoms with E-state index in [1.54, 1.807) is 41.2 Å². The van der Waals surface area contributed by atoms with Crippen LogP contribution in [0.15, 0.2) is 60.8 Å². The van der Waals surface area contributed by atoms with Gasteiger partial charge in [0, 0.05) is 23.5 Å². The number of aromatic nitrogens is 2. The van der Waals surface area contributed by atoms with Crippen molar-refractivity contribution >= 4 is 23.2 Å². The lowest BCUT2D eigenvalue weighted by molar-refractivity contribution is 0.102. The smallest absolute Gasteiger partial charge is 0.276 e. The highest BCUT2D eigenvalue weighted by atomic mass is 35.5. The van der Waals surface area contributed by atoms with Gasteiger partial charge in [-0.15, -0.1) is 0 Å². The molecular formula is C18H16ClN3O2. The molecular weight excluding hydrogens is 326 g/mol. The van der Waals surface area contributed by atoms with E-state index in [2.05, 4.69) is 10.4 Å². The Bertz CT molecular complexity index is 843. The fraction of sp³-hybridized carbons (Fsp3) is 0.111. The number of anilines is 1. The number of benzene rings is 2. The first-order valence-electron chi connectivity index (χ1n) is 7.48. The monoisotopic (exact) mass is 341 g/mol. The topological polar surface area (TPSA) is 67.2 Å². The quantitative estimate of drug-likeness (QED) is 0.748. The van der Waals surface area contributed by atoms with Crippen molar-refractivity contribution in [1.82, 2.24) is 9.78 Å². The predicted octanol–water partition coefficient (Wildman–Crippen LogP) is 3.31. The second-order valence-corrected chi connectivity index (χ2v) is 5.69. The van der Waals surface area contributed by atoms with Gasteiger partial charge in [0.05, 0.1) is 5.69 Å². The van der Waals surface area contributed by atoms with Crippen LogP contribution in [0.4, 0.5) is 5.69 Å². The number of halogens is 1. The fourth-order valence-electron chi connectivity index (χ4n) is 2.29. The maximum Gasteiger partial charge on any atom is 0.276 e. The Morgan fingerprint density at radius 1 is 1.17 bits per heavy atom. The molecule has 2 aromatic carbocycles. The lowest BCUT2D eigenvalue weighted by Crippen LogP contribution is -2.13. The van der Waals surface area contributed by atoms with Gasteiger partial charge in [-0.3, -0.25) is 4.79 Å². The number of nitrogens with zero attached hydrogens (tertiary/aromatic N) is 2. The van der Waals surface area contributed by atoms with Crippen LogP contribution in [0.5, 0.6) is 0 Å². The minimum atomic E-state index is -0.286. The number of hydrogen-bond donors (Lipinski definition) is 2. The number of hydrogen-bond acceptors (Lipinski definition) is 3. The molecule has 1 aromatic heterocycles. The van der Waals surface area contributed by atoms with E-state index >= 15 is 0 Å². The van der Waals surface area contributed by atoms with Gasteiger partial charge in [0.15, 0.2) is 5.69 Å². The van der Waals surface area contributed by atoms with Crippen LogP contribution in [-0.2, 0) is 6.42 Å². The van der Waals surface area contributed by atoms with Gasteiger partial charge >= 0.3 is 0 Å². The number of carbonyl (C=O) groups is 1. The Kier molecular flexibility index (Phi) is 4.93. The summed E-state index contributed by atoms with van der Waals surface area (Å²) in [6.45, 7) is 0.104. The summed E-state index contributed by atoms with van der Waals surface area (Å²) >= 11 is 5.97. The van der Waals surface area contributed by atoms with Crippen LogP contribution in [0.1, 0.15) is 16.1 Å². The summed E-state index contributed by atoms with van der Waals surface area (Å²) in [6.07, 6.45) is 2.31. The van der Waals surface area contributed by atoms with E-state index in [9.17, 15) is 4.79 Å². The zero-order valence-electron chi connectivity index (χ0n) is 12.8. The molecule has 0 atom stereocenters. The summed E-state index contributed by atoms with van der Waals surface area (Å²) in [5.41, 5.74) is 2.80. The molecule has 0 radical (unpaired) electrons. The molecule has 5 nitrogen and oxygen atoms in total. The molecule has 0 fully saturated rings. The molecule has 0 bridgehead atoms.